The summed E-state index contributed by atoms with van der Waals surface area (Å²) in [6.45, 7) is 11.1. The van der Waals surface area contributed by atoms with Gasteiger partial charge >= 0.3 is 0 Å². The molecule has 1 aliphatic heterocycles. The highest BCUT2D eigenvalue weighted by molar-refractivity contribution is 4.89. The first-order valence-electron chi connectivity index (χ1n) is 8.82. The lowest BCUT2D eigenvalue weighted by Gasteiger charge is -2.43. The lowest BCUT2D eigenvalue weighted by atomic mass is 9.79. The summed E-state index contributed by atoms with van der Waals surface area (Å²) < 4.78 is 5.67. The van der Waals surface area contributed by atoms with Gasteiger partial charge in [0, 0.05) is 25.7 Å². The summed E-state index contributed by atoms with van der Waals surface area (Å²) in [7, 11) is 0. The van der Waals surface area contributed by atoms with Crippen LogP contribution in [0.5, 0.6) is 0 Å². The van der Waals surface area contributed by atoms with Crippen LogP contribution in [0.1, 0.15) is 58.8 Å². The molecule has 0 radical (unpaired) electrons. The van der Waals surface area contributed by atoms with Crippen LogP contribution in [0.25, 0.3) is 0 Å². The predicted molar refractivity (Wildman–Crippen MR) is 85.1 cm³/mol. The maximum atomic E-state index is 5.67. The fraction of sp³-hybridized carbons (Fsp3) is 1.00. The Morgan fingerprint density at radius 3 is 2.55 bits per heavy atom. The van der Waals surface area contributed by atoms with E-state index in [1.165, 1.54) is 58.0 Å². The molecule has 1 saturated heterocycles. The third kappa shape index (κ3) is 4.44. The van der Waals surface area contributed by atoms with E-state index in [1.54, 1.807) is 0 Å². The average Bonchev–Trinajstić information content (AvgIpc) is 2.72. The standard InChI is InChI=1S/C17H34N2O/c1-3-16-13-20-12-11-19(16)15-17(14-18-4-2)9-7-5-6-8-10-17/h16,18H,3-15H2,1-2H3. The number of nitrogens with one attached hydrogen (secondary N) is 1. The smallest absolute Gasteiger partial charge is 0.0622 e. The van der Waals surface area contributed by atoms with Crippen LogP contribution in [0, 0.1) is 5.41 Å². The molecular formula is C17H34N2O. The van der Waals surface area contributed by atoms with Crippen molar-refractivity contribution in [1.82, 2.24) is 10.2 Å². The van der Waals surface area contributed by atoms with E-state index >= 15 is 0 Å². The summed E-state index contributed by atoms with van der Waals surface area (Å²) in [4.78, 5) is 2.73. The highest BCUT2D eigenvalue weighted by atomic mass is 16.5. The zero-order valence-electron chi connectivity index (χ0n) is 13.6. The molecule has 0 aromatic carbocycles. The van der Waals surface area contributed by atoms with E-state index in [4.69, 9.17) is 4.74 Å². The summed E-state index contributed by atoms with van der Waals surface area (Å²) in [5.41, 5.74) is 0.511. The first-order chi connectivity index (χ1) is 9.79. The molecule has 1 aliphatic carbocycles. The SMILES string of the molecule is CCNCC1(CN2CCOCC2CC)CCCCCC1. The van der Waals surface area contributed by atoms with Gasteiger partial charge in [0.15, 0.2) is 0 Å². The van der Waals surface area contributed by atoms with Crippen molar-refractivity contribution in [2.75, 3.05) is 39.4 Å². The minimum Gasteiger partial charge on any atom is -0.378 e. The molecule has 3 heteroatoms. The molecule has 2 rings (SSSR count). The second-order valence-electron chi connectivity index (χ2n) is 6.80. The molecule has 1 saturated carbocycles. The Balaban J connectivity index is 2.01. The molecule has 1 atom stereocenters. The van der Waals surface area contributed by atoms with Crippen molar-refractivity contribution in [1.29, 1.82) is 0 Å². The molecule has 20 heavy (non-hydrogen) atoms. The zero-order chi connectivity index (χ0) is 14.3. The van der Waals surface area contributed by atoms with Gasteiger partial charge in [-0.05, 0) is 31.2 Å². The van der Waals surface area contributed by atoms with E-state index in [-0.39, 0.29) is 0 Å². The van der Waals surface area contributed by atoms with Crippen molar-refractivity contribution >= 4 is 0 Å². The molecule has 1 heterocycles. The number of hydrogen-bond acceptors (Lipinski definition) is 3. The van der Waals surface area contributed by atoms with Crippen molar-refractivity contribution in [3.8, 4) is 0 Å². The van der Waals surface area contributed by atoms with Crippen LogP contribution >= 0.6 is 0 Å². The number of ether oxygens (including phenoxy) is 1. The lowest BCUT2D eigenvalue weighted by Crippen LogP contribution is -2.52. The normalized spacial score (nSPS) is 28.2. The van der Waals surface area contributed by atoms with E-state index < -0.39 is 0 Å². The van der Waals surface area contributed by atoms with E-state index in [0.29, 0.717) is 11.5 Å². The van der Waals surface area contributed by atoms with Gasteiger partial charge in [-0.2, -0.15) is 0 Å². The Hall–Kier alpha value is -0.120. The molecule has 0 bridgehead atoms. The third-order valence-electron chi connectivity index (χ3n) is 5.27. The highest BCUT2D eigenvalue weighted by Crippen LogP contribution is 2.36. The van der Waals surface area contributed by atoms with Crippen LogP contribution in [0.3, 0.4) is 0 Å². The molecule has 0 spiro atoms. The van der Waals surface area contributed by atoms with Gasteiger partial charge < -0.3 is 10.1 Å². The summed E-state index contributed by atoms with van der Waals surface area (Å²) in [6, 6.07) is 0.644. The maximum Gasteiger partial charge on any atom is 0.0622 e. The Labute approximate surface area is 125 Å². The second kappa shape index (κ2) is 8.35. The van der Waals surface area contributed by atoms with Gasteiger partial charge in [-0.15, -0.1) is 0 Å². The topological polar surface area (TPSA) is 24.5 Å². The van der Waals surface area contributed by atoms with Crippen LogP contribution in [-0.4, -0.2) is 50.3 Å². The molecular weight excluding hydrogens is 248 g/mol. The van der Waals surface area contributed by atoms with Crippen molar-refractivity contribution < 1.29 is 4.74 Å². The predicted octanol–water partition coefficient (Wildman–Crippen LogP) is 3.05. The monoisotopic (exact) mass is 282 g/mol. The second-order valence-corrected chi connectivity index (χ2v) is 6.80. The van der Waals surface area contributed by atoms with E-state index in [0.717, 1.165) is 26.3 Å². The maximum absolute atomic E-state index is 5.67. The Kier molecular flexibility index (Phi) is 6.79. The number of morpholine rings is 1. The fourth-order valence-electron chi connectivity index (χ4n) is 3.96. The van der Waals surface area contributed by atoms with Crippen LogP contribution in [0.4, 0.5) is 0 Å². The Bertz CT molecular complexity index is 262. The van der Waals surface area contributed by atoms with E-state index in [1.807, 2.05) is 0 Å². The molecule has 0 aromatic heterocycles. The summed E-state index contributed by atoms with van der Waals surface area (Å²) in [5.74, 6) is 0. The summed E-state index contributed by atoms with van der Waals surface area (Å²) in [6.07, 6.45) is 9.76. The van der Waals surface area contributed by atoms with Gasteiger partial charge in [-0.1, -0.05) is 39.5 Å². The van der Waals surface area contributed by atoms with Crippen LogP contribution in [0.15, 0.2) is 0 Å². The van der Waals surface area contributed by atoms with Crippen LogP contribution in [-0.2, 0) is 4.74 Å². The minimum atomic E-state index is 0.511. The number of nitrogens with zero attached hydrogens (tertiary/aromatic N) is 1. The third-order valence-corrected chi connectivity index (χ3v) is 5.27. The van der Waals surface area contributed by atoms with Gasteiger partial charge in [0.1, 0.15) is 0 Å². The van der Waals surface area contributed by atoms with Crippen molar-refractivity contribution in [2.45, 2.75) is 64.8 Å². The first-order valence-corrected chi connectivity index (χ1v) is 8.82. The summed E-state index contributed by atoms with van der Waals surface area (Å²) in [5, 5.41) is 3.65. The lowest BCUT2D eigenvalue weighted by molar-refractivity contribution is -0.0306. The van der Waals surface area contributed by atoms with Crippen LogP contribution in [0.2, 0.25) is 0 Å². The Morgan fingerprint density at radius 1 is 1.15 bits per heavy atom. The van der Waals surface area contributed by atoms with Gasteiger partial charge in [0.05, 0.1) is 13.2 Å². The van der Waals surface area contributed by atoms with Gasteiger partial charge in [-0.3, -0.25) is 4.90 Å². The van der Waals surface area contributed by atoms with Crippen LogP contribution < -0.4 is 5.32 Å². The van der Waals surface area contributed by atoms with E-state index in [9.17, 15) is 0 Å². The molecule has 0 amide bonds. The first kappa shape index (κ1) is 16.3. The molecule has 118 valence electrons. The Morgan fingerprint density at radius 2 is 1.90 bits per heavy atom. The quantitative estimate of drug-likeness (QED) is 0.758. The molecule has 2 aliphatic rings. The molecule has 1 unspecified atom stereocenters. The molecule has 0 aromatic rings. The van der Waals surface area contributed by atoms with Crippen molar-refractivity contribution in [3.05, 3.63) is 0 Å². The number of rotatable bonds is 6. The molecule has 3 nitrogen and oxygen atoms in total. The largest absolute Gasteiger partial charge is 0.378 e. The van der Waals surface area contributed by atoms with Crippen molar-refractivity contribution in [2.24, 2.45) is 5.41 Å². The molecule has 2 fully saturated rings. The highest BCUT2D eigenvalue weighted by Gasteiger charge is 2.35. The average molecular weight is 282 g/mol. The summed E-state index contributed by atoms with van der Waals surface area (Å²) >= 11 is 0. The minimum absolute atomic E-state index is 0.511. The van der Waals surface area contributed by atoms with Gasteiger partial charge in [0.25, 0.3) is 0 Å². The van der Waals surface area contributed by atoms with E-state index in [2.05, 4.69) is 24.1 Å². The van der Waals surface area contributed by atoms with Crippen molar-refractivity contribution in [3.63, 3.8) is 0 Å². The van der Waals surface area contributed by atoms with Gasteiger partial charge in [-0.25, -0.2) is 0 Å². The fourth-order valence-corrected chi connectivity index (χ4v) is 3.96. The zero-order valence-corrected chi connectivity index (χ0v) is 13.6. The van der Waals surface area contributed by atoms with Gasteiger partial charge in [0.2, 0.25) is 0 Å². The number of hydrogen-bond donors (Lipinski definition) is 1. The molecule has 1 N–H and O–H groups in total.